The third kappa shape index (κ3) is 4.11. The van der Waals surface area contributed by atoms with Crippen LogP contribution < -0.4 is 15.6 Å². The Bertz CT molecular complexity index is 1800. The summed E-state index contributed by atoms with van der Waals surface area (Å²) in [5.74, 6) is 1.32. The Morgan fingerprint density at radius 2 is 1.86 bits per heavy atom. The monoisotopic (exact) mass is 505 g/mol. The van der Waals surface area contributed by atoms with Gasteiger partial charge in [-0.1, -0.05) is 36.4 Å². The second-order valence-corrected chi connectivity index (χ2v) is 9.54. The van der Waals surface area contributed by atoms with Gasteiger partial charge in [-0.15, -0.1) is 11.3 Å². The molecule has 0 saturated carbocycles. The highest BCUT2D eigenvalue weighted by molar-refractivity contribution is 7.16. The highest BCUT2D eigenvalue weighted by Crippen LogP contribution is 2.32. The van der Waals surface area contributed by atoms with Gasteiger partial charge in [-0.25, -0.2) is 9.97 Å². The van der Waals surface area contributed by atoms with Crippen molar-refractivity contribution in [2.75, 3.05) is 12.4 Å². The van der Waals surface area contributed by atoms with Gasteiger partial charge in [-0.2, -0.15) is 0 Å². The van der Waals surface area contributed by atoms with Gasteiger partial charge in [0, 0.05) is 29.3 Å². The van der Waals surface area contributed by atoms with Crippen LogP contribution >= 0.6 is 11.3 Å². The summed E-state index contributed by atoms with van der Waals surface area (Å²) in [6.07, 6.45) is 5.18. The second-order valence-electron chi connectivity index (χ2n) is 8.65. The fraction of sp³-hybridized carbons (Fsp3) is 0.103. The molecular formula is C29H23N5O2S. The Morgan fingerprint density at radius 1 is 1.00 bits per heavy atom. The molecule has 6 aromatic rings. The SMILES string of the molecule is COc1cncc(-c2cccc3cc([C@H](C)Nc4nccc5scnc45)n(-c4ccccc4)c(=O)c23)c1. The zero-order valence-electron chi connectivity index (χ0n) is 20.3. The molecule has 0 amide bonds. The molecule has 1 atom stereocenters. The first-order chi connectivity index (χ1) is 18.1. The standard InChI is InChI=1S/C29H23N5O2S/c1-18(33-28-27-25(11-12-31-28)37-17-32-27)24-14-19-7-6-10-23(20-13-22(36-2)16-30-15-20)26(19)29(35)34(24)21-8-4-3-5-9-21/h3-18H,1-2H3,(H,31,33)/t18-/m0/s1. The van der Waals surface area contributed by atoms with Crippen molar-refractivity contribution in [2.24, 2.45) is 0 Å². The minimum Gasteiger partial charge on any atom is -0.495 e. The number of thiazole rings is 1. The minimum atomic E-state index is -0.237. The number of rotatable bonds is 6. The van der Waals surface area contributed by atoms with Gasteiger partial charge in [0.05, 0.1) is 34.9 Å². The van der Waals surface area contributed by atoms with Crippen molar-refractivity contribution in [2.45, 2.75) is 13.0 Å². The lowest BCUT2D eigenvalue weighted by molar-refractivity contribution is 0.413. The third-order valence-electron chi connectivity index (χ3n) is 6.40. The maximum atomic E-state index is 14.3. The van der Waals surface area contributed by atoms with E-state index in [1.807, 2.05) is 73.1 Å². The predicted octanol–water partition coefficient (Wildman–Crippen LogP) is 6.24. The number of anilines is 1. The lowest BCUT2D eigenvalue weighted by Gasteiger charge is -2.22. The highest BCUT2D eigenvalue weighted by Gasteiger charge is 2.20. The van der Waals surface area contributed by atoms with E-state index < -0.39 is 0 Å². The Labute approximate surface area is 217 Å². The molecule has 37 heavy (non-hydrogen) atoms. The van der Waals surface area contributed by atoms with E-state index in [4.69, 9.17) is 4.74 Å². The van der Waals surface area contributed by atoms with Crippen LogP contribution in [0, 0.1) is 0 Å². The van der Waals surface area contributed by atoms with Gasteiger partial charge in [0.25, 0.3) is 5.56 Å². The molecule has 0 radical (unpaired) electrons. The third-order valence-corrected chi connectivity index (χ3v) is 7.19. The van der Waals surface area contributed by atoms with E-state index in [-0.39, 0.29) is 11.6 Å². The molecular weight excluding hydrogens is 482 g/mol. The van der Waals surface area contributed by atoms with E-state index in [0.717, 1.165) is 38.1 Å². The molecule has 2 aromatic carbocycles. The van der Waals surface area contributed by atoms with Crippen LogP contribution in [0.15, 0.2) is 95.6 Å². The summed E-state index contributed by atoms with van der Waals surface area (Å²) in [7, 11) is 1.61. The van der Waals surface area contributed by atoms with Gasteiger partial charge in [-0.3, -0.25) is 14.3 Å². The molecule has 4 heterocycles. The predicted molar refractivity (Wildman–Crippen MR) is 149 cm³/mol. The van der Waals surface area contributed by atoms with Crippen LogP contribution in [0.25, 0.3) is 37.8 Å². The van der Waals surface area contributed by atoms with E-state index in [1.165, 1.54) is 0 Å². The lowest BCUT2D eigenvalue weighted by Crippen LogP contribution is -2.26. The molecule has 0 bridgehead atoms. The molecule has 0 aliphatic heterocycles. The number of benzene rings is 2. The summed E-state index contributed by atoms with van der Waals surface area (Å²) in [6.45, 7) is 2.03. The van der Waals surface area contributed by atoms with Crippen LogP contribution in [0.2, 0.25) is 0 Å². The summed E-state index contributed by atoms with van der Waals surface area (Å²) >= 11 is 1.57. The molecule has 0 aliphatic carbocycles. The Hall–Kier alpha value is -4.56. The van der Waals surface area contributed by atoms with E-state index in [1.54, 1.807) is 41.6 Å². The zero-order chi connectivity index (χ0) is 25.4. The summed E-state index contributed by atoms with van der Waals surface area (Å²) in [4.78, 5) is 27.6. The summed E-state index contributed by atoms with van der Waals surface area (Å²) in [5, 5.41) is 4.97. The van der Waals surface area contributed by atoms with Crippen molar-refractivity contribution in [1.82, 2.24) is 19.5 Å². The van der Waals surface area contributed by atoms with Gasteiger partial charge in [0.2, 0.25) is 0 Å². The lowest BCUT2D eigenvalue weighted by atomic mass is 9.98. The van der Waals surface area contributed by atoms with Crippen LogP contribution in [0.4, 0.5) is 5.82 Å². The molecule has 1 N–H and O–H groups in total. The van der Waals surface area contributed by atoms with Crippen LogP contribution in [0.1, 0.15) is 18.7 Å². The van der Waals surface area contributed by atoms with Gasteiger partial charge >= 0.3 is 0 Å². The molecule has 6 rings (SSSR count). The molecule has 182 valence electrons. The van der Waals surface area contributed by atoms with Crippen molar-refractivity contribution in [1.29, 1.82) is 0 Å². The first-order valence-electron chi connectivity index (χ1n) is 11.8. The molecule has 0 aliphatic rings. The topological polar surface area (TPSA) is 81.9 Å². The number of nitrogens with one attached hydrogen (secondary N) is 1. The Morgan fingerprint density at radius 3 is 2.70 bits per heavy atom. The largest absolute Gasteiger partial charge is 0.495 e. The number of para-hydroxylation sites is 1. The van der Waals surface area contributed by atoms with E-state index in [9.17, 15) is 4.79 Å². The second kappa shape index (κ2) is 9.48. The molecule has 4 aromatic heterocycles. The van der Waals surface area contributed by atoms with Crippen molar-refractivity contribution in [3.63, 3.8) is 0 Å². The number of aromatic nitrogens is 4. The van der Waals surface area contributed by atoms with E-state index in [0.29, 0.717) is 17.0 Å². The number of hydrogen-bond acceptors (Lipinski definition) is 7. The molecule has 0 spiro atoms. The fourth-order valence-corrected chi connectivity index (χ4v) is 5.31. The van der Waals surface area contributed by atoms with Gasteiger partial charge in [0.1, 0.15) is 11.3 Å². The maximum absolute atomic E-state index is 14.3. The Balaban J connectivity index is 1.57. The maximum Gasteiger partial charge on any atom is 0.263 e. The van der Waals surface area contributed by atoms with E-state index >= 15 is 0 Å². The molecule has 8 heteroatoms. The Kier molecular flexibility index (Phi) is 5.86. The van der Waals surface area contributed by atoms with Crippen molar-refractivity contribution in [3.8, 4) is 22.6 Å². The molecule has 0 saturated heterocycles. The zero-order valence-corrected chi connectivity index (χ0v) is 21.1. The summed E-state index contributed by atoms with van der Waals surface area (Å²) < 4.78 is 8.21. The minimum absolute atomic E-state index is 0.106. The van der Waals surface area contributed by atoms with Crippen LogP contribution in [-0.2, 0) is 0 Å². The summed E-state index contributed by atoms with van der Waals surface area (Å²) in [6, 6.07) is 21.3. The van der Waals surface area contributed by atoms with Gasteiger partial charge in [-0.05, 0) is 48.2 Å². The average molecular weight is 506 g/mol. The first kappa shape index (κ1) is 22.9. The van der Waals surface area contributed by atoms with Crippen LogP contribution in [0.3, 0.4) is 0 Å². The quantitative estimate of drug-likeness (QED) is 0.289. The first-order valence-corrected chi connectivity index (χ1v) is 12.7. The van der Waals surface area contributed by atoms with Gasteiger partial charge in [0.15, 0.2) is 5.82 Å². The highest BCUT2D eigenvalue weighted by atomic mass is 32.1. The molecule has 0 unspecified atom stereocenters. The average Bonchev–Trinajstić information content (AvgIpc) is 3.43. The number of hydrogen-bond donors (Lipinski definition) is 1. The van der Waals surface area contributed by atoms with Crippen LogP contribution in [-0.4, -0.2) is 26.6 Å². The van der Waals surface area contributed by atoms with Crippen molar-refractivity contribution >= 4 is 38.1 Å². The van der Waals surface area contributed by atoms with Gasteiger partial charge < -0.3 is 10.1 Å². The normalized spacial score (nSPS) is 12.1. The number of methoxy groups -OCH3 is 1. The number of pyridine rings is 3. The molecule has 0 fully saturated rings. The number of nitrogens with zero attached hydrogens (tertiary/aromatic N) is 4. The van der Waals surface area contributed by atoms with Crippen molar-refractivity contribution < 1.29 is 4.74 Å². The molecule has 7 nitrogen and oxygen atoms in total. The number of ether oxygens (including phenoxy) is 1. The van der Waals surface area contributed by atoms with Crippen molar-refractivity contribution in [3.05, 3.63) is 107 Å². The number of fused-ring (bicyclic) bond motifs is 2. The van der Waals surface area contributed by atoms with E-state index in [2.05, 4.69) is 26.3 Å². The summed E-state index contributed by atoms with van der Waals surface area (Å²) in [5.41, 5.74) is 5.76. The van der Waals surface area contributed by atoms with Crippen LogP contribution in [0.5, 0.6) is 5.75 Å². The smallest absolute Gasteiger partial charge is 0.263 e. The fourth-order valence-electron chi connectivity index (χ4n) is 4.64.